The highest BCUT2D eigenvalue weighted by Crippen LogP contribution is 2.55. The minimum Gasteiger partial charge on any atom is -0.497 e. The van der Waals surface area contributed by atoms with E-state index in [1.54, 1.807) is 30.0 Å². The van der Waals surface area contributed by atoms with E-state index < -0.39 is 16.5 Å². The van der Waals surface area contributed by atoms with Crippen LogP contribution in [-0.2, 0) is 21.0 Å². The van der Waals surface area contributed by atoms with E-state index in [2.05, 4.69) is 0 Å². The van der Waals surface area contributed by atoms with Crippen molar-refractivity contribution in [2.75, 3.05) is 24.3 Å². The molecule has 0 aromatic heterocycles. The molecule has 8 heteroatoms. The van der Waals surface area contributed by atoms with Crippen molar-refractivity contribution in [3.05, 3.63) is 59.2 Å². The van der Waals surface area contributed by atoms with Crippen LogP contribution in [0.15, 0.2) is 36.4 Å². The zero-order valence-electron chi connectivity index (χ0n) is 16.1. The third kappa shape index (κ3) is 2.88. The molecule has 2 aromatic rings. The number of fused-ring (bicyclic) bond motifs is 2. The third-order valence-corrected chi connectivity index (χ3v) is 6.80. The lowest BCUT2D eigenvalue weighted by Gasteiger charge is -2.33. The highest BCUT2D eigenvalue weighted by Gasteiger charge is 2.59. The first kappa shape index (κ1) is 19.7. The number of rotatable bonds is 4. The Bertz CT molecular complexity index is 980. The van der Waals surface area contributed by atoms with Crippen molar-refractivity contribution in [1.29, 1.82) is 0 Å². The summed E-state index contributed by atoms with van der Waals surface area (Å²) in [4.78, 5) is 28.0. The number of carbonyl (C=O) groups is 2. The number of halogens is 2. The molecule has 0 bridgehead atoms. The van der Waals surface area contributed by atoms with Gasteiger partial charge in [-0.15, -0.1) is 11.8 Å². The number of carbonyl (C=O) groups excluding carboxylic acids is 2. The average molecular weight is 418 g/mol. The van der Waals surface area contributed by atoms with E-state index >= 15 is 0 Å². The molecule has 152 valence electrons. The van der Waals surface area contributed by atoms with Crippen LogP contribution in [-0.4, -0.2) is 36.1 Å². The number of thioether (sulfide) groups is 1. The average Bonchev–Trinajstić information content (AvgIpc) is 3.26. The molecule has 0 saturated carbocycles. The number of methoxy groups -OCH3 is 1. The molecule has 4 rings (SSSR count). The molecule has 1 saturated heterocycles. The summed E-state index contributed by atoms with van der Waals surface area (Å²) in [6, 6.07) is 8.75. The summed E-state index contributed by atoms with van der Waals surface area (Å²) in [7, 11) is 1.52. The van der Waals surface area contributed by atoms with Crippen LogP contribution in [0.3, 0.4) is 0 Å². The van der Waals surface area contributed by atoms with Crippen molar-refractivity contribution in [3.63, 3.8) is 0 Å². The predicted molar refractivity (Wildman–Crippen MR) is 107 cm³/mol. The molecule has 1 spiro atoms. The van der Waals surface area contributed by atoms with Gasteiger partial charge in [-0.3, -0.25) is 9.59 Å². The van der Waals surface area contributed by atoms with Crippen LogP contribution in [0, 0.1) is 11.6 Å². The Morgan fingerprint density at radius 2 is 1.97 bits per heavy atom. The molecular formula is C21H20F2N2O3S. The normalized spacial score (nSPS) is 20.5. The zero-order chi connectivity index (χ0) is 20.8. The van der Waals surface area contributed by atoms with E-state index in [9.17, 15) is 18.4 Å². The van der Waals surface area contributed by atoms with Gasteiger partial charge >= 0.3 is 0 Å². The van der Waals surface area contributed by atoms with Crippen molar-refractivity contribution in [1.82, 2.24) is 4.90 Å². The van der Waals surface area contributed by atoms with Gasteiger partial charge in [0.25, 0.3) is 5.91 Å². The number of ether oxygens (including phenoxy) is 1. The Morgan fingerprint density at radius 3 is 2.62 bits per heavy atom. The van der Waals surface area contributed by atoms with E-state index in [4.69, 9.17) is 4.74 Å². The Balaban J connectivity index is 1.86. The topological polar surface area (TPSA) is 49.9 Å². The number of nitrogens with zero attached hydrogens (tertiary/aromatic N) is 2. The van der Waals surface area contributed by atoms with Gasteiger partial charge in [0.1, 0.15) is 17.4 Å². The van der Waals surface area contributed by atoms with Gasteiger partial charge in [0.05, 0.1) is 19.3 Å². The highest BCUT2D eigenvalue weighted by atomic mass is 32.2. The molecule has 1 atom stereocenters. The fraction of sp³-hybridized carbons (Fsp3) is 0.333. The van der Waals surface area contributed by atoms with Crippen molar-refractivity contribution in [2.45, 2.75) is 24.8 Å². The van der Waals surface area contributed by atoms with Crippen LogP contribution in [0.2, 0.25) is 0 Å². The number of benzene rings is 2. The van der Waals surface area contributed by atoms with Crippen LogP contribution >= 0.6 is 11.8 Å². The maximum absolute atomic E-state index is 14.3. The lowest BCUT2D eigenvalue weighted by Crippen LogP contribution is -2.50. The van der Waals surface area contributed by atoms with Crippen LogP contribution < -0.4 is 9.64 Å². The molecule has 0 aliphatic carbocycles. The number of anilines is 1. The van der Waals surface area contributed by atoms with Gasteiger partial charge in [0.15, 0.2) is 4.87 Å². The molecule has 2 aliphatic heterocycles. The van der Waals surface area contributed by atoms with E-state index in [0.29, 0.717) is 29.3 Å². The molecule has 2 aromatic carbocycles. The first-order valence-corrected chi connectivity index (χ1v) is 10.3. The number of hydrogen-bond acceptors (Lipinski definition) is 4. The SMILES string of the molecule is CCC(=O)N1CCS[C@@]12C(=O)N(Cc1c(F)cccc1F)c1ccc(OC)cc12. The molecule has 1 fully saturated rings. The summed E-state index contributed by atoms with van der Waals surface area (Å²) in [6.07, 6.45) is 0.261. The Morgan fingerprint density at radius 1 is 1.24 bits per heavy atom. The largest absolute Gasteiger partial charge is 0.497 e. The smallest absolute Gasteiger partial charge is 0.268 e. The Labute approximate surface area is 171 Å². The van der Waals surface area contributed by atoms with Crippen molar-refractivity contribution in [3.8, 4) is 5.75 Å². The van der Waals surface area contributed by atoms with Gasteiger partial charge in [-0.05, 0) is 30.3 Å². The van der Waals surface area contributed by atoms with E-state index in [-0.39, 0.29) is 30.3 Å². The second-order valence-electron chi connectivity index (χ2n) is 6.87. The summed E-state index contributed by atoms with van der Waals surface area (Å²) in [5.74, 6) is -0.797. The molecule has 0 N–H and O–H groups in total. The number of amides is 2. The van der Waals surface area contributed by atoms with Gasteiger partial charge in [-0.2, -0.15) is 0 Å². The molecule has 0 unspecified atom stereocenters. The van der Waals surface area contributed by atoms with Crippen molar-refractivity contribution < 1.29 is 23.1 Å². The summed E-state index contributed by atoms with van der Waals surface area (Å²) < 4.78 is 33.9. The minimum absolute atomic E-state index is 0.143. The van der Waals surface area contributed by atoms with Gasteiger partial charge in [-0.25, -0.2) is 8.78 Å². The molecule has 0 radical (unpaired) electrons. The fourth-order valence-electron chi connectivity index (χ4n) is 3.97. The molecule has 29 heavy (non-hydrogen) atoms. The van der Waals surface area contributed by atoms with E-state index in [0.717, 1.165) is 0 Å². The third-order valence-electron chi connectivity index (χ3n) is 5.38. The summed E-state index contributed by atoms with van der Waals surface area (Å²) in [5, 5.41) is 0. The zero-order valence-corrected chi connectivity index (χ0v) is 16.9. The molecule has 5 nitrogen and oxygen atoms in total. The van der Waals surface area contributed by atoms with Crippen LogP contribution in [0.5, 0.6) is 5.75 Å². The second kappa shape index (κ2) is 7.33. The van der Waals surface area contributed by atoms with Crippen molar-refractivity contribution in [2.24, 2.45) is 0 Å². The molecule has 2 aliphatic rings. The maximum atomic E-state index is 14.3. The van der Waals surface area contributed by atoms with E-state index in [1.165, 1.54) is 42.0 Å². The van der Waals surface area contributed by atoms with Crippen LogP contribution in [0.1, 0.15) is 24.5 Å². The summed E-state index contributed by atoms with van der Waals surface area (Å²) in [5.41, 5.74) is 0.959. The van der Waals surface area contributed by atoms with Crippen molar-refractivity contribution >= 4 is 29.3 Å². The monoisotopic (exact) mass is 418 g/mol. The van der Waals surface area contributed by atoms with Gasteiger partial charge < -0.3 is 14.5 Å². The predicted octanol–water partition coefficient (Wildman–Crippen LogP) is 3.66. The first-order chi connectivity index (χ1) is 13.9. The summed E-state index contributed by atoms with van der Waals surface area (Å²) >= 11 is 1.37. The van der Waals surface area contributed by atoms with Crippen LogP contribution in [0.25, 0.3) is 0 Å². The Hall–Kier alpha value is -2.61. The molecular weight excluding hydrogens is 398 g/mol. The first-order valence-electron chi connectivity index (χ1n) is 9.31. The lowest BCUT2D eigenvalue weighted by molar-refractivity contribution is -0.139. The number of hydrogen-bond donors (Lipinski definition) is 0. The lowest BCUT2D eigenvalue weighted by atomic mass is 10.0. The van der Waals surface area contributed by atoms with E-state index in [1.807, 2.05) is 0 Å². The summed E-state index contributed by atoms with van der Waals surface area (Å²) in [6.45, 7) is 1.92. The molecule has 2 heterocycles. The second-order valence-corrected chi connectivity index (χ2v) is 8.15. The Kier molecular flexibility index (Phi) is 4.98. The fourth-order valence-corrected chi connectivity index (χ4v) is 5.44. The quantitative estimate of drug-likeness (QED) is 0.761. The van der Waals surface area contributed by atoms with Crippen LogP contribution in [0.4, 0.5) is 14.5 Å². The highest BCUT2D eigenvalue weighted by molar-refractivity contribution is 8.01. The van der Waals surface area contributed by atoms with Gasteiger partial charge in [0, 0.05) is 29.8 Å². The van der Waals surface area contributed by atoms with Gasteiger partial charge in [0.2, 0.25) is 5.91 Å². The molecule has 2 amide bonds. The maximum Gasteiger partial charge on any atom is 0.268 e. The van der Waals surface area contributed by atoms with Gasteiger partial charge in [-0.1, -0.05) is 13.0 Å². The standard InChI is InChI=1S/C21H20F2N2O3S/c1-3-19(26)25-9-10-29-21(25)15-11-13(28-2)7-8-18(15)24(20(21)27)12-14-16(22)5-4-6-17(14)23/h4-8,11H,3,9-10,12H2,1-2H3/t21-/m0/s1. The minimum atomic E-state index is -1.24.